The molecule has 1 rings (SSSR count). The molecule has 1 amide bonds. The lowest BCUT2D eigenvalue weighted by atomic mass is 10.3. The van der Waals surface area contributed by atoms with Crippen molar-refractivity contribution in [3.05, 3.63) is 29.3 Å². The highest BCUT2D eigenvalue weighted by atomic mass is 35.5. The van der Waals surface area contributed by atoms with Crippen LogP contribution in [0.1, 0.15) is 13.8 Å². The number of halogens is 1. The highest BCUT2D eigenvalue weighted by molar-refractivity contribution is 6.30. The van der Waals surface area contributed by atoms with Gasteiger partial charge in [-0.1, -0.05) is 11.6 Å². The van der Waals surface area contributed by atoms with E-state index in [0.717, 1.165) is 0 Å². The Morgan fingerprint density at radius 1 is 1.47 bits per heavy atom. The molecule has 0 bridgehead atoms. The van der Waals surface area contributed by atoms with Gasteiger partial charge in [-0.2, -0.15) is 0 Å². The molecular weight excluding hydrogens is 214 g/mol. The molecule has 4 heteroatoms. The number of benzene rings is 1. The summed E-state index contributed by atoms with van der Waals surface area (Å²) in [5.74, 6) is 0.519. The first-order chi connectivity index (χ1) is 7.13. The Bertz CT molecular complexity index is 324. The first-order valence-corrected chi connectivity index (χ1v) is 5.21. The van der Waals surface area contributed by atoms with E-state index in [2.05, 4.69) is 5.32 Å². The molecule has 0 fully saturated rings. The summed E-state index contributed by atoms with van der Waals surface area (Å²) < 4.78 is 5.41. The van der Waals surface area contributed by atoms with Gasteiger partial charge in [-0.3, -0.25) is 4.79 Å². The lowest BCUT2D eigenvalue weighted by Gasteiger charge is -2.13. The van der Waals surface area contributed by atoms with Crippen LogP contribution in [0, 0.1) is 0 Å². The zero-order valence-electron chi connectivity index (χ0n) is 8.79. The van der Waals surface area contributed by atoms with Gasteiger partial charge in [0.1, 0.15) is 5.75 Å². The summed E-state index contributed by atoms with van der Waals surface area (Å²) in [6.07, 6.45) is -0.494. The van der Waals surface area contributed by atoms with Gasteiger partial charge in [-0.05, 0) is 38.1 Å². The van der Waals surface area contributed by atoms with Crippen LogP contribution in [-0.2, 0) is 4.79 Å². The van der Waals surface area contributed by atoms with Crippen molar-refractivity contribution in [2.45, 2.75) is 20.0 Å². The third-order valence-corrected chi connectivity index (χ3v) is 2.10. The molecule has 15 heavy (non-hydrogen) atoms. The summed E-state index contributed by atoms with van der Waals surface area (Å²) in [7, 11) is 0. The molecule has 3 nitrogen and oxygen atoms in total. The van der Waals surface area contributed by atoms with Gasteiger partial charge in [0, 0.05) is 11.6 Å². The van der Waals surface area contributed by atoms with Gasteiger partial charge in [0.2, 0.25) is 0 Å². The van der Waals surface area contributed by atoms with E-state index in [9.17, 15) is 4.79 Å². The average molecular weight is 228 g/mol. The minimum absolute atomic E-state index is 0.118. The molecule has 0 saturated heterocycles. The van der Waals surface area contributed by atoms with E-state index in [-0.39, 0.29) is 5.91 Å². The van der Waals surface area contributed by atoms with Crippen LogP contribution in [0.3, 0.4) is 0 Å². The van der Waals surface area contributed by atoms with E-state index in [0.29, 0.717) is 17.3 Å². The SMILES string of the molecule is CCNC(=O)C(C)Oc1ccc(Cl)cc1. The molecule has 1 aromatic rings. The molecule has 1 aromatic carbocycles. The molecule has 1 N–H and O–H groups in total. The smallest absolute Gasteiger partial charge is 0.260 e. The molecule has 1 unspecified atom stereocenters. The van der Waals surface area contributed by atoms with Crippen molar-refractivity contribution in [2.75, 3.05) is 6.54 Å². The van der Waals surface area contributed by atoms with Crippen LogP contribution in [0.5, 0.6) is 5.75 Å². The summed E-state index contributed by atoms with van der Waals surface area (Å²) in [6, 6.07) is 6.92. The quantitative estimate of drug-likeness (QED) is 0.857. The maximum Gasteiger partial charge on any atom is 0.260 e. The molecule has 0 spiro atoms. The molecule has 0 aliphatic heterocycles. The maximum atomic E-state index is 11.4. The number of carbonyl (C=O) groups excluding carboxylic acids is 1. The largest absolute Gasteiger partial charge is 0.481 e. The van der Waals surface area contributed by atoms with Gasteiger partial charge < -0.3 is 10.1 Å². The fourth-order valence-corrected chi connectivity index (χ4v) is 1.21. The molecule has 82 valence electrons. The number of rotatable bonds is 4. The Hall–Kier alpha value is -1.22. The summed E-state index contributed by atoms with van der Waals surface area (Å²) in [5, 5.41) is 3.33. The third-order valence-electron chi connectivity index (χ3n) is 1.85. The zero-order valence-corrected chi connectivity index (χ0v) is 9.54. The molecule has 0 heterocycles. The van der Waals surface area contributed by atoms with Crippen molar-refractivity contribution in [3.8, 4) is 5.75 Å². The Morgan fingerprint density at radius 3 is 2.60 bits per heavy atom. The minimum Gasteiger partial charge on any atom is -0.481 e. The van der Waals surface area contributed by atoms with Gasteiger partial charge in [0.15, 0.2) is 6.10 Å². The van der Waals surface area contributed by atoms with E-state index in [1.165, 1.54) is 0 Å². The van der Waals surface area contributed by atoms with Crippen LogP contribution in [-0.4, -0.2) is 18.6 Å². The van der Waals surface area contributed by atoms with Crippen molar-refractivity contribution < 1.29 is 9.53 Å². The van der Waals surface area contributed by atoms with Crippen molar-refractivity contribution in [3.63, 3.8) is 0 Å². The normalized spacial score (nSPS) is 11.9. The summed E-state index contributed by atoms with van der Waals surface area (Å²) in [6.45, 7) is 4.18. The summed E-state index contributed by atoms with van der Waals surface area (Å²) in [4.78, 5) is 11.4. The zero-order chi connectivity index (χ0) is 11.3. The van der Waals surface area contributed by atoms with E-state index in [1.807, 2.05) is 6.92 Å². The third kappa shape index (κ3) is 3.80. The predicted molar refractivity (Wildman–Crippen MR) is 60.2 cm³/mol. The molecule has 0 saturated carbocycles. The van der Waals surface area contributed by atoms with E-state index in [1.54, 1.807) is 31.2 Å². The van der Waals surface area contributed by atoms with Crippen LogP contribution in [0.15, 0.2) is 24.3 Å². The van der Waals surface area contributed by atoms with Crippen LogP contribution in [0.4, 0.5) is 0 Å². The standard InChI is InChI=1S/C11H14ClNO2/c1-3-13-11(14)8(2)15-10-6-4-9(12)5-7-10/h4-8H,3H2,1-2H3,(H,13,14). The van der Waals surface area contributed by atoms with Crippen molar-refractivity contribution >= 4 is 17.5 Å². The Morgan fingerprint density at radius 2 is 2.07 bits per heavy atom. The first-order valence-electron chi connectivity index (χ1n) is 4.83. The summed E-state index contributed by atoms with van der Waals surface area (Å²) in [5.41, 5.74) is 0. The number of likely N-dealkylation sites (N-methyl/N-ethyl adjacent to an activating group) is 1. The number of nitrogens with one attached hydrogen (secondary N) is 1. The number of hydrogen-bond acceptors (Lipinski definition) is 2. The van der Waals surface area contributed by atoms with Crippen LogP contribution in [0.25, 0.3) is 0 Å². The second kappa shape index (κ2) is 5.61. The average Bonchev–Trinajstić information content (AvgIpc) is 2.22. The molecule has 0 aromatic heterocycles. The molecule has 1 atom stereocenters. The highest BCUT2D eigenvalue weighted by Crippen LogP contribution is 2.16. The molecule has 0 aliphatic rings. The number of ether oxygens (including phenoxy) is 1. The number of amides is 1. The minimum atomic E-state index is -0.494. The fourth-order valence-electron chi connectivity index (χ4n) is 1.09. The Kier molecular flexibility index (Phi) is 4.43. The Balaban J connectivity index is 2.54. The van der Waals surface area contributed by atoms with Gasteiger partial charge >= 0.3 is 0 Å². The lowest BCUT2D eigenvalue weighted by Crippen LogP contribution is -2.36. The number of hydrogen-bond donors (Lipinski definition) is 1. The first kappa shape index (κ1) is 11.9. The lowest BCUT2D eigenvalue weighted by molar-refractivity contribution is -0.127. The Labute approximate surface area is 94.4 Å². The second-order valence-electron chi connectivity index (χ2n) is 3.11. The van der Waals surface area contributed by atoms with Gasteiger partial charge in [0.25, 0.3) is 5.91 Å². The van der Waals surface area contributed by atoms with E-state index >= 15 is 0 Å². The van der Waals surface area contributed by atoms with Crippen LogP contribution in [0.2, 0.25) is 5.02 Å². The van der Waals surface area contributed by atoms with E-state index < -0.39 is 6.10 Å². The van der Waals surface area contributed by atoms with Crippen molar-refractivity contribution in [1.82, 2.24) is 5.32 Å². The maximum absolute atomic E-state index is 11.4. The van der Waals surface area contributed by atoms with Gasteiger partial charge in [-0.15, -0.1) is 0 Å². The highest BCUT2D eigenvalue weighted by Gasteiger charge is 2.12. The topological polar surface area (TPSA) is 38.3 Å². The molecular formula is C11H14ClNO2. The predicted octanol–water partition coefficient (Wildman–Crippen LogP) is 2.24. The number of carbonyl (C=O) groups is 1. The summed E-state index contributed by atoms with van der Waals surface area (Å²) >= 11 is 5.73. The second-order valence-corrected chi connectivity index (χ2v) is 3.55. The van der Waals surface area contributed by atoms with Crippen LogP contribution < -0.4 is 10.1 Å². The monoisotopic (exact) mass is 227 g/mol. The van der Waals surface area contributed by atoms with E-state index in [4.69, 9.17) is 16.3 Å². The molecule has 0 radical (unpaired) electrons. The fraction of sp³-hybridized carbons (Fsp3) is 0.364. The van der Waals surface area contributed by atoms with Crippen molar-refractivity contribution in [1.29, 1.82) is 0 Å². The van der Waals surface area contributed by atoms with Gasteiger partial charge in [0.05, 0.1) is 0 Å². The molecule has 0 aliphatic carbocycles. The van der Waals surface area contributed by atoms with Crippen LogP contribution >= 0.6 is 11.6 Å². The van der Waals surface area contributed by atoms with Gasteiger partial charge in [-0.25, -0.2) is 0 Å². The van der Waals surface area contributed by atoms with Crippen molar-refractivity contribution in [2.24, 2.45) is 0 Å².